The molecule has 0 aliphatic carbocycles. The molecule has 0 bridgehead atoms. The summed E-state index contributed by atoms with van der Waals surface area (Å²) in [6.07, 6.45) is 1.76. The maximum atomic E-state index is 13.5. The molecule has 0 unspecified atom stereocenters. The molecule has 1 aliphatic rings. The van der Waals surface area contributed by atoms with E-state index in [2.05, 4.69) is 4.99 Å². The Morgan fingerprint density at radius 3 is 2.68 bits per heavy atom. The quantitative estimate of drug-likeness (QED) is 0.327. The Balaban J connectivity index is 2.02. The first-order valence-electron chi connectivity index (χ1n) is 10.1. The van der Waals surface area contributed by atoms with Gasteiger partial charge in [0.2, 0.25) is 5.75 Å². The Hall–Kier alpha value is -3.76. The fraction of sp³-hybridized carbons (Fsp3) is 0.174. The Kier molecular flexibility index (Phi) is 6.36. The number of allylic oxidation sites excluding steroid dienone is 1. The molecule has 0 amide bonds. The number of rotatable bonds is 5. The maximum absolute atomic E-state index is 13.5. The Labute approximate surface area is 201 Å². The van der Waals surface area contributed by atoms with E-state index < -0.39 is 33.9 Å². The Morgan fingerprint density at radius 2 is 2.06 bits per heavy atom. The van der Waals surface area contributed by atoms with Gasteiger partial charge in [0.25, 0.3) is 5.56 Å². The summed E-state index contributed by atoms with van der Waals surface area (Å²) in [6.45, 7) is 1.85. The second-order valence-corrected chi connectivity index (χ2v) is 8.76. The lowest BCUT2D eigenvalue weighted by molar-refractivity contribution is -0.385. The summed E-state index contributed by atoms with van der Waals surface area (Å²) in [6, 6.07) is 10.6. The second kappa shape index (κ2) is 9.24. The van der Waals surface area contributed by atoms with Crippen LogP contribution in [-0.2, 0) is 9.53 Å². The highest BCUT2D eigenvalue weighted by molar-refractivity contribution is 7.07. The number of benzene rings is 2. The molecule has 9 nitrogen and oxygen atoms in total. The van der Waals surface area contributed by atoms with E-state index in [9.17, 15) is 24.8 Å². The van der Waals surface area contributed by atoms with Crippen LogP contribution in [0.1, 0.15) is 30.5 Å². The average molecular weight is 500 g/mol. The van der Waals surface area contributed by atoms with Crippen molar-refractivity contribution < 1.29 is 19.6 Å². The zero-order valence-corrected chi connectivity index (χ0v) is 19.6. The molecular weight excluding hydrogens is 482 g/mol. The summed E-state index contributed by atoms with van der Waals surface area (Å²) < 4.78 is 6.56. The van der Waals surface area contributed by atoms with E-state index >= 15 is 0 Å². The molecule has 174 valence electrons. The number of methoxy groups -OCH3 is 1. The fourth-order valence-corrected chi connectivity index (χ4v) is 5.04. The molecule has 11 heteroatoms. The van der Waals surface area contributed by atoms with Crippen LogP contribution in [0.2, 0.25) is 5.02 Å². The summed E-state index contributed by atoms with van der Waals surface area (Å²) >= 11 is 7.03. The van der Waals surface area contributed by atoms with Gasteiger partial charge in [-0.3, -0.25) is 19.5 Å². The number of esters is 1. The molecule has 0 saturated carbocycles. The average Bonchev–Trinajstić information content (AvgIpc) is 3.14. The predicted molar refractivity (Wildman–Crippen MR) is 127 cm³/mol. The number of aromatic nitrogens is 1. The number of ether oxygens (including phenoxy) is 1. The first-order valence-corrected chi connectivity index (χ1v) is 11.3. The highest BCUT2D eigenvalue weighted by Gasteiger charge is 2.33. The number of fused-ring (bicyclic) bond motifs is 1. The SMILES string of the molecule is CCC1=C(C(=O)OC)[C@@H](c2ccccc2)n2c(s/c(=C\c3cc(Cl)cc([N+](=O)[O-])c3O)c2=O)=N1. The summed E-state index contributed by atoms with van der Waals surface area (Å²) in [5.41, 5.74) is 0.415. The number of halogens is 1. The number of carbonyl (C=O) groups is 1. The summed E-state index contributed by atoms with van der Waals surface area (Å²) in [5.74, 6) is -1.20. The van der Waals surface area contributed by atoms with Crippen molar-refractivity contribution in [1.29, 1.82) is 0 Å². The summed E-state index contributed by atoms with van der Waals surface area (Å²) in [5, 5.41) is 21.6. The van der Waals surface area contributed by atoms with E-state index in [1.807, 2.05) is 13.0 Å². The van der Waals surface area contributed by atoms with Crippen molar-refractivity contribution in [2.45, 2.75) is 19.4 Å². The Bertz CT molecular complexity index is 1520. The molecule has 1 N–H and O–H groups in total. The fourth-order valence-electron chi connectivity index (χ4n) is 3.81. The second-order valence-electron chi connectivity index (χ2n) is 7.32. The third kappa shape index (κ3) is 4.02. The standard InChI is InChI=1S/C23H18ClN3O6S/c1-3-15-18(22(30)33-2)19(12-7-5-4-6-8-12)26-21(29)17(34-23(26)25-15)10-13-9-14(24)11-16(20(13)28)27(31)32/h4-11,19,28H,3H2,1-2H3/b17-10-/t19-/m1/s1. The van der Waals surface area contributed by atoms with Crippen LogP contribution in [0.4, 0.5) is 5.69 Å². The van der Waals surface area contributed by atoms with Crippen LogP contribution in [0.15, 0.2) is 63.5 Å². The zero-order chi connectivity index (χ0) is 24.6. The van der Waals surface area contributed by atoms with Gasteiger partial charge < -0.3 is 9.84 Å². The van der Waals surface area contributed by atoms with Gasteiger partial charge in [-0.15, -0.1) is 0 Å². The molecule has 2 aromatic carbocycles. The van der Waals surface area contributed by atoms with Crippen LogP contribution in [-0.4, -0.2) is 27.7 Å². The molecule has 0 saturated heterocycles. The molecule has 1 aromatic heterocycles. The van der Waals surface area contributed by atoms with Gasteiger partial charge in [0, 0.05) is 16.7 Å². The highest BCUT2D eigenvalue weighted by Crippen LogP contribution is 2.34. The number of phenols is 1. The van der Waals surface area contributed by atoms with Crippen molar-refractivity contribution in [2.75, 3.05) is 7.11 Å². The molecule has 1 aliphatic heterocycles. The third-order valence-corrected chi connectivity index (χ3v) is 6.53. The topological polar surface area (TPSA) is 124 Å². The smallest absolute Gasteiger partial charge is 0.338 e. The number of thiazole rings is 1. The summed E-state index contributed by atoms with van der Waals surface area (Å²) in [7, 11) is 1.27. The lowest BCUT2D eigenvalue weighted by Gasteiger charge is -2.25. The highest BCUT2D eigenvalue weighted by atomic mass is 35.5. The zero-order valence-electron chi connectivity index (χ0n) is 18.0. The molecule has 0 spiro atoms. The van der Waals surface area contributed by atoms with Gasteiger partial charge in [0.05, 0.1) is 33.9 Å². The minimum atomic E-state index is -0.774. The van der Waals surface area contributed by atoms with Crippen molar-refractivity contribution in [1.82, 2.24) is 4.57 Å². The normalized spacial score (nSPS) is 15.6. The van der Waals surface area contributed by atoms with Gasteiger partial charge in [0.15, 0.2) is 4.80 Å². The van der Waals surface area contributed by atoms with Gasteiger partial charge in [-0.1, -0.05) is 60.2 Å². The number of nitrogens with zero attached hydrogens (tertiary/aromatic N) is 3. The van der Waals surface area contributed by atoms with Crippen LogP contribution < -0.4 is 14.9 Å². The van der Waals surface area contributed by atoms with Crippen molar-refractivity contribution in [3.63, 3.8) is 0 Å². The van der Waals surface area contributed by atoms with Crippen LogP contribution >= 0.6 is 22.9 Å². The molecule has 3 aromatic rings. The number of phenolic OH excluding ortho intramolecular Hbond substituents is 1. The van der Waals surface area contributed by atoms with Crippen LogP contribution in [0.5, 0.6) is 5.75 Å². The lowest BCUT2D eigenvalue weighted by atomic mass is 9.95. The predicted octanol–water partition coefficient (Wildman–Crippen LogP) is 3.07. The number of hydrogen-bond acceptors (Lipinski definition) is 8. The van der Waals surface area contributed by atoms with Crippen LogP contribution in [0.3, 0.4) is 0 Å². The van der Waals surface area contributed by atoms with Gasteiger partial charge >= 0.3 is 11.7 Å². The molecule has 0 fully saturated rings. The first kappa shape index (κ1) is 23.4. The van der Waals surface area contributed by atoms with Crippen molar-refractivity contribution in [3.05, 3.63) is 99.7 Å². The van der Waals surface area contributed by atoms with Crippen molar-refractivity contribution >= 4 is 40.7 Å². The van der Waals surface area contributed by atoms with Crippen LogP contribution in [0, 0.1) is 10.1 Å². The molecule has 4 rings (SSSR count). The molecular formula is C23H18ClN3O6S. The van der Waals surface area contributed by atoms with E-state index in [1.165, 1.54) is 23.8 Å². The van der Waals surface area contributed by atoms with E-state index in [4.69, 9.17) is 16.3 Å². The third-order valence-electron chi connectivity index (χ3n) is 5.33. The van der Waals surface area contributed by atoms with Gasteiger partial charge in [-0.05, 0) is 24.1 Å². The van der Waals surface area contributed by atoms with E-state index in [0.717, 1.165) is 17.4 Å². The van der Waals surface area contributed by atoms with Crippen LogP contribution in [0.25, 0.3) is 6.08 Å². The van der Waals surface area contributed by atoms with Gasteiger partial charge in [-0.25, -0.2) is 9.79 Å². The number of nitro benzene ring substituents is 1. The Morgan fingerprint density at radius 1 is 1.35 bits per heavy atom. The number of aromatic hydroxyl groups is 1. The van der Waals surface area contributed by atoms with Gasteiger partial charge in [-0.2, -0.15) is 0 Å². The minimum absolute atomic E-state index is 0.0172. The number of nitro groups is 1. The molecule has 0 radical (unpaired) electrons. The molecule has 2 heterocycles. The van der Waals surface area contributed by atoms with Gasteiger partial charge in [0.1, 0.15) is 0 Å². The maximum Gasteiger partial charge on any atom is 0.338 e. The van der Waals surface area contributed by atoms with E-state index in [1.54, 1.807) is 24.3 Å². The van der Waals surface area contributed by atoms with E-state index in [0.29, 0.717) is 22.5 Å². The number of carbonyl (C=O) groups excluding carboxylic acids is 1. The summed E-state index contributed by atoms with van der Waals surface area (Å²) in [4.78, 5) is 41.7. The minimum Gasteiger partial charge on any atom is -0.502 e. The van der Waals surface area contributed by atoms with Crippen molar-refractivity contribution in [2.24, 2.45) is 4.99 Å². The monoisotopic (exact) mass is 499 g/mol. The largest absolute Gasteiger partial charge is 0.502 e. The van der Waals surface area contributed by atoms with Crippen molar-refractivity contribution in [3.8, 4) is 5.75 Å². The number of hydrogen-bond donors (Lipinski definition) is 1. The first-order chi connectivity index (χ1) is 16.3. The lowest BCUT2D eigenvalue weighted by Crippen LogP contribution is -2.40. The molecule has 34 heavy (non-hydrogen) atoms. The molecule has 1 atom stereocenters. The van der Waals surface area contributed by atoms with E-state index in [-0.39, 0.29) is 20.7 Å².